The molecule has 0 aliphatic heterocycles. The number of halogens is 2. The van der Waals surface area contributed by atoms with Crippen molar-refractivity contribution in [1.82, 2.24) is 0 Å². The van der Waals surface area contributed by atoms with Crippen molar-refractivity contribution >= 4 is 41.8 Å². The van der Waals surface area contributed by atoms with Gasteiger partial charge in [0.15, 0.2) is 0 Å². The number of rotatable bonds is 2. The molecule has 6 rings (SSSR count). The van der Waals surface area contributed by atoms with E-state index in [4.69, 9.17) is 0 Å². The second kappa shape index (κ2) is 15.2. The summed E-state index contributed by atoms with van der Waals surface area (Å²) < 4.78 is 0. The van der Waals surface area contributed by atoms with Gasteiger partial charge in [0.25, 0.3) is 0 Å². The molecule has 0 bridgehead atoms. The molecular weight excluding hydrogens is 563 g/mol. The van der Waals surface area contributed by atoms with Crippen LogP contribution in [-0.2, 0) is 39.0 Å². The summed E-state index contributed by atoms with van der Waals surface area (Å²) in [5.41, 5.74) is 4.74. The fourth-order valence-corrected chi connectivity index (χ4v) is 4.84. The van der Waals surface area contributed by atoms with Crippen molar-refractivity contribution < 1.29 is 51.0 Å². The summed E-state index contributed by atoms with van der Waals surface area (Å²) in [5.74, 6) is 0.692. The van der Waals surface area contributed by atoms with Gasteiger partial charge in [-0.2, -0.15) is 17.7 Å². The zero-order chi connectivity index (χ0) is 22.5. The minimum atomic E-state index is 0. The Morgan fingerprint density at radius 3 is 2.23 bits per heavy atom. The molecule has 4 heteroatoms. The standard InChI is InChI=1S/C16H19.C13H9.C2H6Si.2ClH.Zr/c1-3-11(2)15-8-7-14-9-12-5-4-6-13(12)10-16(14)15;1-2-6-12-10(4-1)8-9-11-5-3-7-13(11)12;1-3-2;;;/h7-11H,3-6H2,1-2H3;1-9H;1-2H3;2*1H;/q2*-1;;;;+4/p-2. The maximum atomic E-state index is 2.46. The van der Waals surface area contributed by atoms with Crippen LogP contribution >= 0.6 is 0 Å². The fourth-order valence-electron chi connectivity index (χ4n) is 4.84. The fraction of sp³-hybridized carbons (Fsp3) is 0.290. The minimum Gasteiger partial charge on any atom is -1.00 e. The van der Waals surface area contributed by atoms with E-state index in [2.05, 4.69) is 106 Å². The van der Waals surface area contributed by atoms with E-state index in [-0.39, 0.29) is 51.0 Å². The van der Waals surface area contributed by atoms with Crippen LogP contribution in [0.4, 0.5) is 0 Å². The summed E-state index contributed by atoms with van der Waals surface area (Å²) in [6.45, 7) is 8.92. The van der Waals surface area contributed by atoms with Crippen LogP contribution in [0, 0.1) is 0 Å². The van der Waals surface area contributed by atoms with Crippen molar-refractivity contribution in [2.45, 2.75) is 58.5 Å². The van der Waals surface area contributed by atoms with Crippen molar-refractivity contribution in [2.24, 2.45) is 0 Å². The van der Waals surface area contributed by atoms with E-state index < -0.39 is 0 Å². The van der Waals surface area contributed by atoms with Gasteiger partial charge in [-0.05, 0) is 24.6 Å². The molecule has 180 valence electrons. The van der Waals surface area contributed by atoms with Gasteiger partial charge in [0.05, 0.1) is 0 Å². The molecule has 1 aliphatic carbocycles. The third-order valence-electron chi connectivity index (χ3n) is 6.70. The van der Waals surface area contributed by atoms with Crippen molar-refractivity contribution in [1.29, 1.82) is 0 Å². The van der Waals surface area contributed by atoms with Crippen LogP contribution in [0.5, 0.6) is 0 Å². The van der Waals surface area contributed by atoms with Gasteiger partial charge < -0.3 is 24.8 Å². The van der Waals surface area contributed by atoms with E-state index in [1.54, 1.807) is 16.7 Å². The number of hydrogen-bond donors (Lipinski definition) is 0. The Morgan fingerprint density at radius 1 is 0.829 bits per heavy atom. The molecule has 1 aliphatic rings. The average molecular weight is 597 g/mol. The monoisotopic (exact) mass is 594 g/mol. The van der Waals surface area contributed by atoms with Crippen LogP contribution in [-0.4, -0.2) is 9.52 Å². The molecule has 0 spiro atoms. The number of aryl methyl sites for hydroxylation is 2. The van der Waals surface area contributed by atoms with E-state index in [1.807, 2.05) is 0 Å². The molecule has 0 aromatic heterocycles. The summed E-state index contributed by atoms with van der Waals surface area (Å²) in [6, 6.07) is 28.8. The van der Waals surface area contributed by atoms with Gasteiger partial charge in [-0.3, -0.25) is 0 Å². The van der Waals surface area contributed by atoms with Crippen molar-refractivity contribution in [2.75, 3.05) is 0 Å². The first-order valence-corrected chi connectivity index (χ1v) is 14.0. The summed E-state index contributed by atoms with van der Waals surface area (Å²) in [4.78, 5) is 0. The molecule has 0 N–H and O–H groups in total. The Balaban J connectivity index is 0.000000296. The molecule has 1 atom stereocenters. The molecule has 2 radical (unpaired) electrons. The van der Waals surface area contributed by atoms with Crippen LogP contribution in [0.3, 0.4) is 0 Å². The van der Waals surface area contributed by atoms with E-state index in [1.165, 1.54) is 58.0 Å². The Kier molecular flexibility index (Phi) is 13.8. The summed E-state index contributed by atoms with van der Waals surface area (Å²) >= 11 is 0. The topological polar surface area (TPSA) is 0 Å². The van der Waals surface area contributed by atoms with E-state index in [9.17, 15) is 0 Å². The summed E-state index contributed by atoms with van der Waals surface area (Å²) in [6.07, 6.45) is 5.16. The maximum absolute atomic E-state index is 2.46. The Morgan fingerprint density at radius 2 is 1.51 bits per heavy atom. The van der Waals surface area contributed by atoms with Gasteiger partial charge in [0, 0.05) is 9.52 Å². The molecule has 0 heterocycles. The zero-order valence-corrected chi connectivity index (χ0v) is 26.1. The third-order valence-corrected chi connectivity index (χ3v) is 6.70. The van der Waals surface area contributed by atoms with Gasteiger partial charge >= 0.3 is 26.2 Å². The normalized spacial score (nSPS) is 12.2. The second-order valence-electron chi connectivity index (χ2n) is 8.98. The number of benzene rings is 3. The largest absolute Gasteiger partial charge is 4.00 e. The Labute approximate surface area is 245 Å². The van der Waals surface area contributed by atoms with Gasteiger partial charge in [-0.1, -0.05) is 86.1 Å². The molecular formula is C31H34Cl2SiZr. The van der Waals surface area contributed by atoms with E-state index >= 15 is 0 Å². The molecule has 1 unspecified atom stereocenters. The Bertz CT molecular complexity index is 1320. The quantitative estimate of drug-likeness (QED) is 0.217. The first-order valence-electron chi connectivity index (χ1n) is 12.0. The first kappa shape index (κ1) is 31.8. The summed E-state index contributed by atoms with van der Waals surface area (Å²) in [5, 5.41) is 8.33. The van der Waals surface area contributed by atoms with E-state index in [0.29, 0.717) is 5.92 Å². The van der Waals surface area contributed by atoms with Gasteiger partial charge in [-0.25, -0.2) is 0 Å². The minimum absolute atomic E-state index is 0. The first-order chi connectivity index (χ1) is 15.7. The van der Waals surface area contributed by atoms with Crippen LogP contribution < -0.4 is 24.8 Å². The maximum Gasteiger partial charge on any atom is 4.00 e. The average Bonchev–Trinajstić information content (AvgIpc) is 3.56. The van der Waals surface area contributed by atoms with Crippen LogP contribution in [0.2, 0.25) is 13.1 Å². The molecule has 0 saturated heterocycles. The SMILES string of the molecule is CCC(C)c1c[cH-]c2cc3c(cc12)CCC3.C[Si]C.[Cl-].[Cl-].[Zr+4].c1ccc2c(c1)ccc1[cH-]ccc12. The Hall–Kier alpha value is -1.18. The van der Waals surface area contributed by atoms with Gasteiger partial charge in [0.1, 0.15) is 0 Å². The predicted molar refractivity (Wildman–Crippen MR) is 145 cm³/mol. The molecule has 5 aromatic carbocycles. The van der Waals surface area contributed by atoms with Crippen LogP contribution in [0.1, 0.15) is 49.3 Å². The molecule has 0 amide bonds. The van der Waals surface area contributed by atoms with Crippen LogP contribution in [0.15, 0.2) is 78.9 Å². The molecule has 0 saturated carbocycles. The summed E-state index contributed by atoms with van der Waals surface area (Å²) in [7, 11) is 1.08. The third kappa shape index (κ3) is 7.20. The molecule has 0 fully saturated rings. The van der Waals surface area contributed by atoms with E-state index in [0.717, 1.165) is 9.52 Å². The zero-order valence-electron chi connectivity index (χ0n) is 21.2. The van der Waals surface area contributed by atoms with Gasteiger partial charge in [-0.15, -0.1) is 57.9 Å². The predicted octanol–water partition coefficient (Wildman–Crippen LogP) is 3.07. The molecule has 5 aromatic rings. The smallest absolute Gasteiger partial charge is 1.00 e. The molecule has 0 nitrogen and oxygen atoms in total. The van der Waals surface area contributed by atoms with Crippen LogP contribution in [0.25, 0.3) is 32.3 Å². The molecule has 35 heavy (non-hydrogen) atoms. The number of hydrogen-bond acceptors (Lipinski definition) is 0. The van der Waals surface area contributed by atoms with Crippen molar-refractivity contribution in [3.05, 3.63) is 95.6 Å². The van der Waals surface area contributed by atoms with Gasteiger partial charge in [0.2, 0.25) is 0 Å². The van der Waals surface area contributed by atoms with Crippen molar-refractivity contribution in [3.8, 4) is 0 Å². The van der Waals surface area contributed by atoms with Crippen molar-refractivity contribution in [3.63, 3.8) is 0 Å². The second-order valence-corrected chi connectivity index (χ2v) is 9.98. The number of fused-ring (bicyclic) bond motifs is 5.